The average Bonchev–Trinajstić information content (AvgIpc) is 2.90. The zero-order valence-corrected chi connectivity index (χ0v) is 21.3. The van der Waals surface area contributed by atoms with E-state index < -0.39 is 47.9 Å². The van der Waals surface area contributed by atoms with Crippen molar-refractivity contribution in [3.63, 3.8) is 0 Å². The molecule has 0 saturated carbocycles. The number of amides is 1. The van der Waals surface area contributed by atoms with Gasteiger partial charge in [-0.3, -0.25) is 9.59 Å². The molecule has 0 aliphatic carbocycles. The Bertz CT molecular complexity index is 1220. The molecule has 3 aromatic rings. The third kappa shape index (κ3) is 6.53. The molecule has 0 saturated heterocycles. The number of ether oxygens (including phenoxy) is 2. The van der Waals surface area contributed by atoms with Crippen molar-refractivity contribution in [2.24, 2.45) is 11.7 Å². The van der Waals surface area contributed by atoms with E-state index in [0.29, 0.717) is 5.75 Å². The van der Waals surface area contributed by atoms with Gasteiger partial charge in [0.25, 0.3) is 0 Å². The largest absolute Gasteiger partial charge is 0.485 e. The number of aliphatic hydroxyl groups excluding tert-OH is 1. The number of esters is 1. The van der Waals surface area contributed by atoms with Gasteiger partial charge in [0.05, 0.1) is 12.6 Å². The second-order valence-corrected chi connectivity index (χ2v) is 9.18. The number of benzene rings is 3. The molecular formula is C29H34N2O6. The first-order valence-electron chi connectivity index (χ1n) is 12.3. The van der Waals surface area contributed by atoms with Gasteiger partial charge in [-0.1, -0.05) is 80.6 Å². The lowest BCUT2D eigenvalue weighted by molar-refractivity contribution is -0.155. The average molecular weight is 507 g/mol. The normalized spacial score (nSPS) is 14.4. The molecule has 0 aromatic heterocycles. The number of ketones is 1. The summed E-state index contributed by atoms with van der Waals surface area (Å²) >= 11 is 0. The Morgan fingerprint density at radius 3 is 2.30 bits per heavy atom. The molecule has 8 heteroatoms. The molecule has 8 nitrogen and oxygen atoms in total. The van der Waals surface area contributed by atoms with Crippen LogP contribution < -0.4 is 15.8 Å². The van der Waals surface area contributed by atoms with Crippen LogP contribution in [0.1, 0.15) is 26.3 Å². The molecule has 0 spiro atoms. The number of nitrogens with two attached hydrogens (primary N) is 1. The summed E-state index contributed by atoms with van der Waals surface area (Å²) in [4.78, 5) is 39.1. The summed E-state index contributed by atoms with van der Waals surface area (Å²) in [7, 11) is 0. The fourth-order valence-corrected chi connectivity index (χ4v) is 4.08. The maximum atomic E-state index is 13.5. The minimum Gasteiger partial charge on any atom is -0.485 e. The summed E-state index contributed by atoms with van der Waals surface area (Å²) in [5.74, 6) is -2.41. The number of hydrogen-bond acceptors (Lipinski definition) is 7. The van der Waals surface area contributed by atoms with Crippen molar-refractivity contribution in [1.82, 2.24) is 5.32 Å². The molecule has 3 atom stereocenters. The molecular weight excluding hydrogens is 472 g/mol. The van der Waals surface area contributed by atoms with E-state index in [1.165, 1.54) is 0 Å². The first-order valence-corrected chi connectivity index (χ1v) is 12.3. The van der Waals surface area contributed by atoms with Gasteiger partial charge in [0.15, 0.2) is 17.4 Å². The zero-order chi connectivity index (χ0) is 27.0. The zero-order valence-electron chi connectivity index (χ0n) is 21.3. The van der Waals surface area contributed by atoms with E-state index >= 15 is 0 Å². The van der Waals surface area contributed by atoms with Gasteiger partial charge in [-0.2, -0.15) is 0 Å². The number of fused-ring (bicyclic) bond motifs is 1. The highest BCUT2D eigenvalue weighted by Gasteiger charge is 2.46. The molecule has 0 aliphatic heterocycles. The quantitative estimate of drug-likeness (QED) is 0.255. The van der Waals surface area contributed by atoms with Crippen molar-refractivity contribution < 1.29 is 29.0 Å². The second-order valence-electron chi connectivity index (χ2n) is 9.18. The van der Waals surface area contributed by atoms with Crippen LogP contribution in [0.5, 0.6) is 5.75 Å². The maximum Gasteiger partial charge on any atom is 0.337 e. The summed E-state index contributed by atoms with van der Waals surface area (Å²) in [6, 6.07) is 21.1. The number of aliphatic hydroxyl groups is 1. The first kappa shape index (κ1) is 27.8. The summed E-state index contributed by atoms with van der Waals surface area (Å²) in [5, 5.41) is 15.1. The molecule has 0 unspecified atom stereocenters. The number of rotatable bonds is 12. The summed E-state index contributed by atoms with van der Waals surface area (Å²) in [6.45, 7) is 4.57. The fraction of sp³-hybridized carbons (Fsp3) is 0.345. The number of carbonyl (C=O) groups excluding carboxylic acids is 3. The standard InChI is InChI=1S/C29H34N2O6/c1-4-36-27(34)26(33)23(17-20-11-6-5-7-12-20)31-28(35)29(30,19(2)3)25(32)18-37-24-16-10-14-21-13-8-9-15-22(21)24/h5-16,19,23,26,33H,4,17-18,30H2,1-3H3,(H,31,35)/t23-,26-,29+/m0/s1. The van der Waals surface area contributed by atoms with Crippen LogP contribution in [0, 0.1) is 5.92 Å². The van der Waals surface area contributed by atoms with Gasteiger partial charge in [-0.05, 0) is 36.3 Å². The molecule has 0 heterocycles. The van der Waals surface area contributed by atoms with Crippen molar-refractivity contribution >= 4 is 28.4 Å². The molecule has 3 aromatic carbocycles. The highest BCUT2D eigenvalue weighted by atomic mass is 16.5. The Hall–Kier alpha value is -3.75. The van der Waals surface area contributed by atoms with E-state index in [9.17, 15) is 19.5 Å². The highest BCUT2D eigenvalue weighted by molar-refractivity contribution is 6.11. The Labute approximate surface area is 216 Å². The smallest absolute Gasteiger partial charge is 0.337 e. The molecule has 1 amide bonds. The Morgan fingerprint density at radius 1 is 0.973 bits per heavy atom. The minimum atomic E-state index is -1.96. The van der Waals surface area contributed by atoms with Crippen molar-refractivity contribution in [2.45, 2.75) is 44.9 Å². The topological polar surface area (TPSA) is 128 Å². The number of nitrogens with one attached hydrogen (secondary N) is 1. The maximum absolute atomic E-state index is 13.5. The molecule has 3 rings (SSSR count). The monoisotopic (exact) mass is 506 g/mol. The minimum absolute atomic E-state index is 0.0682. The molecule has 0 bridgehead atoms. The SMILES string of the molecule is CCOC(=O)[C@@H](O)[C@H](Cc1ccccc1)NC(=O)[C@](N)(C(=O)COc1cccc2ccccc12)C(C)C. The lowest BCUT2D eigenvalue weighted by atomic mass is 9.82. The van der Waals surface area contributed by atoms with Gasteiger partial charge in [0, 0.05) is 5.39 Å². The van der Waals surface area contributed by atoms with Crippen molar-refractivity contribution in [3.05, 3.63) is 78.4 Å². The Kier molecular flexibility index (Phi) is 9.38. The lowest BCUT2D eigenvalue weighted by Crippen LogP contribution is -2.66. The Balaban J connectivity index is 1.81. The van der Waals surface area contributed by atoms with Gasteiger partial charge in [-0.25, -0.2) is 4.79 Å². The van der Waals surface area contributed by atoms with Gasteiger partial charge in [0.2, 0.25) is 5.91 Å². The van der Waals surface area contributed by atoms with Gasteiger partial charge in [-0.15, -0.1) is 0 Å². The highest BCUT2D eigenvalue weighted by Crippen LogP contribution is 2.26. The van der Waals surface area contributed by atoms with Crippen LogP contribution in [0.3, 0.4) is 0 Å². The Morgan fingerprint density at radius 2 is 1.62 bits per heavy atom. The van der Waals surface area contributed by atoms with Gasteiger partial charge >= 0.3 is 5.97 Å². The van der Waals surface area contributed by atoms with E-state index in [-0.39, 0.29) is 13.0 Å². The van der Waals surface area contributed by atoms with E-state index in [1.807, 2.05) is 42.5 Å². The summed E-state index contributed by atoms with van der Waals surface area (Å²) in [5.41, 5.74) is 5.25. The third-order valence-electron chi connectivity index (χ3n) is 6.38. The third-order valence-corrected chi connectivity index (χ3v) is 6.38. The fourth-order valence-electron chi connectivity index (χ4n) is 4.08. The molecule has 0 radical (unpaired) electrons. The van der Waals surface area contributed by atoms with E-state index in [4.69, 9.17) is 15.2 Å². The number of Topliss-reactive ketones (excluding diaryl/α,β-unsaturated/α-hetero) is 1. The van der Waals surface area contributed by atoms with Crippen LogP contribution >= 0.6 is 0 Å². The molecule has 0 aliphatic rings. The van der Waals surface area contributed by atoms with Crippen LogP contribution in [0.15, 0.2) is 72.8 Å². The molecule has 37 heavy (non-hydrogen) atoms. The lowest BCUT2D eigenvalue weighted by Gasteiger charge is -2.33. The van der Waals surface area contributed by atoms with Crippen LogP contribution in [0.2, 0.25) is 0 Å². The van der Waals surface area contributed by atoms with Crippen LogP contribution in [-0.4, -0.2) is 53.7 Å². The second kappa shape index (κ2) is 12.5. The number of carbonyl (C=O) groups is 3. The van der Waals surface area contributed by atoms with E-state index in [0.717, 1.165) is 16.3 Å². The first-order chi connectivity index (χ1) is 17.7. The molecule has 4 N–H and O–H groups in total. The van der Waals surface area contributed by atoms with Crippen LogP contribution in [0.4, 0.5) is 0 Å². The van der Waals surface area contributed by atoms with Crippen molar-refractivity contribution in [3.8, 4) is 5.75 Å². The summed E-state index contributed by atoms with van der Waals surface area (Å²) < 4.78 is 10.8. The van der Waals surface area contributed by atoms with Gasteiger partial charge in [0.1, 0.15) is 12.4 Å². The van der Waals surface area contributed by atoms with E-state index in [2.05, 4.69) is 5.32 Å². The predicted molar refractivity (Wildman–Crippen MR) is 141 cm³/mol. The van der Waals surface area contributed by atoms with E-state index in [1.54, 1.807) is 51.1 Å². The van der Waals surface area contributed by atoms with Crippen molar-refractivity contribution in [2.75, 3.05) is 13.2 Å². The number of hydrogen-bond donors (Lipinski definition) is 3. The summed E-state index contributed by atoms with van der Waals surface area (Å²) in [6.07, 6.45) is -1.52. The predicted octanol–water partition coefficient (Wildman–Crippen LogP) is 2.79. The van der Waals surface area contributed by atoms with Gasteiger partial charge < -0.3 is 25.6 Å². The molecule has 196 valence electrons. The van der Waals surface area contributed by atoms with Crippen molar-refractivity contribution in [1.29, 1.82) is 0 Å². The molecule has 0 fully saturated rings. The van der Waals surface area contributed by atoms with Crippen LogP contribution in [-0.2, 0) is 25.5 Å². The van der Waals surface area contributed by atoms with Crippen LogP contribution in [0.25, 0.3) is 10.8 Å².